The molecule has 1 aromatic carbocycles. The van der Waals surface area contributed by atoms with Gasteiger partial charge in [-0.3, -0.25) is 0 Å². The third-order valence-corrected chi connectivity index (χ3v) is 3.36. The summed E-state index contributed by atoms with van der Waals surface area (Å²) in [6, 6.07) is 5.72. The van der Waals surface area contributed by atoms with Crippen LogP contribution in [-0.2, 0) is 6.54 Å². The zero-order valence-corrected chi connectivity index (χ0v) is 12.0. The number of nitrogens with two attached hydrogens (primary N) is 1. The molecule has 3 N–H and O–H groups in total. The van der Waals surface area contributed by atoms with Crippen molar-refractivity contribution in [3.63, 3.8) is 0 Å². The molecular weight excluding hydrogens is 302 g/mol. The maximum Gasteiger partial charge on any atom is 0.189 e. The fraction of sp³-hybridized carbons (Fsp3) is 0.250. The van der Waals surface area contributed by atoms with Crippen LogP contribution in [0.3, 0.4) is 0 Å². The number of nitrogens with one attached hydrogen (secondary N) is 1. The molecule has 0 aliphatic carbocycles. The Labute approximate surface area is 115 Å². The standard InChI is InChI=1S/C12H15BrClN3/c1-8(2)6-16-12(15)17-7-9-4-3-5-10(13)11(9)14/h3-5H,1,6-7H2,2H3,(H3,15,16,17). The molecule has 0 spiro atoms. The zero-order chi connectivity index (χ0) is 12.8. The fourth-order valence-electron chi connectivity index (χ4n) is 1.14. The highest BCUT2D eigenvalue weighted by Crippen LogP contribution is 2.26. The van der Waals surface area contributed by atoms with Crippen molar-refractivity contribution in [2.75, 3.05) is 6.54 Å². The Morgan fingerprint density at radius 1 is 1.59 bits per heavy atom. The van der Waals surface area contributed by atoms with Crippen molar-refractivity contribution in [2.24, 2.45) is 10.7 Å². The van der Waals surface area contributed by atoms with Gasteiger partial charge in [-0.2, -0.15) is 0 Å². The van der Waals surface area contributed by atoms with Gasteiger partial charge in [0.2, 0.25) is 0 Å². The van der Waals surface area contributed by atoms with E-state index in [1.165, 1.54) is 0 Å². The Hall–Kier alpha value is -1.000. The third-order valence-electron chi connectivity index (χ3n) is 2.02. The number of nitrogens with zero attached hydrogens (tertiary/aromatic N) is 1. The molecule has 92 valence electrons. The van der Waals surface area contributed by atoms with Crippen LogP contribution in [0.25, 0.3) is 0 Å². The predicted molar refractivity (Wildman–Crippen MR) is 77.3 cm³/mol. The minimum absolute atomic E-state index is 0.393. The van der Waals surface area contributed by atoms with Crippen LogP contribution in [0.1, 0.15) is 12.5 Å². The van der Waals surface area contributed by atoms with Crippen molar-refractivity contribution in [3.8, 4) is 0 Å². The second-order valence-corrected chi connectivity index (χ2v) is 4.96. The smallest absolute Gasteiger partial charge is 0.189 e. The highest BCUT2D eigenvalue weighted by molar-refractivity contribution is 9.10. The van der Waals surface area contributed by atoms with Crippen molar-refractivity contribution < 1.29 is 0 Å². The first kappa shape index (κ1) is 14.1. The summed E-state index contributed by atoms with van der Waals surface area (Å²) in [5.41, 5.74) is 7.64. The van der Waals surface area contributed by atoms with Crippen LogP contribution in [0, 0.1) is 0 Å². The number of hydrogen-bond acceptors (Lipinski definition) is 1. The summed E-state index contributed by atoms with van der Waals surface area (Å²) in [6.45, 7) is 6.77. The van der Waals surface area contributed by atoms with E-state index in [1.807, 2.05) is 25.1 Å². The van der Waals surface area contributed by atoms with Crippen LogP contribution >= 0.6 is 27.5 Å². The number of guanidine groups is 1. The largest absolute Gasteiger partial charge is 0.370 e. The summed E-state index contributed by atoms with van der Waals surface area (Å²) < 4.78 is 0.861. The lowest BCUT2D eigenvalue weighted by Crippen LogP contribution is -2.32. The number of rotatable bonds is 4. The predicted octanol–water partition coefficient (Wildman–Crippen LogP) is 3.08. The molecule has 1 aromatic rings. The van der Waals surface area contributed by atoms with E-state index in [2.05, 4.69) is 32.8 Å². The number of aliphatic imine (C=N–C) groups is 1. The van der Waals surface area contributed by atoms with Crippen LogP contribution in [0.2, 0.25) is 5.02 Å². The Morgan fingerprint density at radius 2 is 2.29 bits per heavy atom. The minimum atomic E-state index is 0.393. The number of hydrogen-bond donors (Lipinski definition) is 2. The SMILES string of the molecule is C=C(C)CNC(N)=NCc1cccc(Br)c1Cl. The lowest BCUT2D eigenvalue weighted by atomic mass is 10.2. The summed E-state index contributed by atoms with van der Waals surface area (Å²) >= 11 is 9.48. The van der Waals surface area contributed by atoms with Crippen LogP contribution in [-0.4, -0.2) is 12.5 Å². The first-order valence-corrected chi connectivity index (χ1v) is 6.29. The first-order valence-electron chi connectivity index (χ1n) is 5.11. The van der Waals surface area contributed by atoms with Crippen molar-refractivity contribution in [1.82, 2.24) is 5.32 Å². The van der Waals surface area contributed by atoms with E-state index >= 15 is 0 Å². The molecule has 0 saturated carbocycles. The molecule has 0 amide bonds. The molecule has 17 heavy (non-hydrogen) atoms. The Bertz CT molecular complexity index is 443. The highest BCUT2D eigenvalue weighted by atomic mass is 79.9. The maximum atomic E-state index is 6.11. The molecule has 0 atom stereocenters. The minimum Gasteiger partial charge on any atom is -0.370 e. The quantitative estimate of drug-likeness (QED) is 0.509. The summed E-state index contributed by atoms with van der Waals surface area (Å²) in [7, 11) is 0. The molecule has 1 rings (SSSR count). The van der Waals surface area contributed by atoms with Gasteiger partial charge in [0.25, 0.3) is 0 Å². The molecule has 0 bridgehead atoms. The Balaban J connectivity index is 2.62. The highest BCUT2D eigenvalue weighted by Gasteiger charge is 2.02. The first-order chi connectivity index (χ1) is 8.00. The zero-order valence-electron chi connectivity index (χ0n) is 9.63. The summed E-state index contributed by atoms with van der Waals surface area (Å²) in [4.78, 5) is 4.21. The van der Waals surface area contributed by atoms with Gasteiger partial charge in [-0.25, -0.2) is 4.99 Å². The van der Waals surface area contributed by atoms with Gasteiger partial charge in [0.1, 0.15) is 0 Å². The third kappa shape index (κ3) is 4.79. The average molecular weight is 317 g/mol. The molecule has 5 heteroatoms. The Morgan fingerprint density at radius 3 is 2.94 bits per heavy atom. The molecule has 3 nitrogen and oxygen atoms in total. The molecule has 0 unspecified atom stereocenters. The van der Waals surface area contributed by atoms with Crippen LogP contribution in [0.4, 0.5) is 0 Å². The second-order valence-electron chi connectivity index (χ2n) is 3.73. The average Bonchev–Trinajstić information content (AvgIpc) is 2.28. The summed E-state index contributed by atoms with van der Waals surface area (Å²) in [6.07, 6.45) is 0. The van der Waals surface area contributed by atoms with Gasteiger partial charge < -0.3 is 11.1 Å². The molecule has 0 saturated heterocycles. The Kier molecular flexibility index (Phi) is 5.51. The van der Waals surface area contributed by atoms with E-state index in [9.17, 15) is 0 Å². The van der Waals surface area contributed by atoms with Gasteiger partial charge in [-0.15, -0.1) is 0 Å². The molecular formula is C12H15BrClN3. The van der Waals surface area contributed by atoms with Crippen LogP contribution < -0.4 is 11.1 Å². The van der Waals surface area contributed by atoms with Gasteiger partial charge in [0.15, 0.2) is 5.96 Å². The van der Waals surface area contributed by atoms with Gasteiger partial charge in [0.05, 0.1) is 11.6 Å². The summed E-state index contributed by atoms with van der Waals surface area (Å²) in [5, 5.41) is 3.63. The van der Waals surface area contributed by atoms with Gasteiger partial charge in [0, 0.05) is 11.0 Å². The van der Waals surface area contributed by atoms with Crippen molar-refractivity contribution >= 4 is 33.5 Å². The summed E-state index contributed by atoms with van der Waals surface area (Å²) in [5.74, 6) is 0.393. The topological polar surface area (TPSA) is 50.4 Å². The van der Waals surface area contributed by atoms with E-state index in [0.29, 0.717) is 24.1 Å². The lowest BCUT2D eigenvalue weighted by Gasteiger charge is -2.06. The van der Waals surface area contributed by atoms with E-state index in [-0.39, 0.29) is 0 Å². The monoisotopic (exact) mass is 315 g/mol. The van der Waals surface area contributed by atoms with Crippen molar-refractivity contribution in [2.45, 2.75) is 13.5 Å². The van der Waals surface area contributed by atoms with E-state index in [1.54, 1.807) is 0 Å². The van der Waals surface area contributed by atoms with Gasteiger partial charge in [-0.1, -0.05) is 35.9 Å². The molecule has 0 aliphatic heterocycles. The normalized spacial score (nSPS) is 11.4. The van der Waals surface area contributed by atoms with Gasteiger partial charge in [-0.05, 0) is 34.5 Å². The maximum absolute atomic E-state index is 6.11. The molecule has 0 aliphatic rings. The molecule has 0 aromatic heterocycles. The lowest BCUT2D eigenvalue weighted by molar-refractivity contribution is 0.940. The van der Waals surface area contributed by atoms with Crippen molar-refractivity contribution in [1.29, 1.82) is 0 Å². The number of halogens is 2. The van der Waals surface area contributed by atoms with Crippen LogP contribution in [0.5, 0.6) is 0 Å². The van der Waals surface area contributed by atoms with E-state index in [4.69, 9.17) is 17.3 Å². The van der Waals surface area contributed by atoms with E-state index < -0.39 is 0 Å². The molecule has 0 fully saturated rings. The molecule has 0 radical (unpaired) electrons. The molecule has 0 heterocycles. The fourth-order valence-corrected chi connectivity index (χ4v) is 1.73. The second kappa shape index (κ2) is 6.67. The van der Waals surface area contributed by atoms with Crippen LogP contribution in [0.15, 0.2) is 39.8 Å². The van der Waals surface area contributed by atoms with E-state index in [0.717, 1.165) is 15.6 Å². The van der Waals surface area contributed by atoms with Crippen molar-refractivity contribution in [3.05, 3.63) is 45.4 Å². The number of benzene rings is 1. The van der Waals surface area contributed by atoms with Gasteiger partial charge >= 0.3 is 0 Å².